The van der Waals surface area contributed by atoms with E-state index in [2.05, 4.69) is 5.32 Å². The van der Waals surface area contributed by atoms with Crippen LogP contribution in [0.15, 0.2) is 36.4 Å². The van der Waals surface area contributed by atoms with Crippen molar-refractivity contribution in [2.24, 2.45) is 0 Å². The molecule has 0 heterocycles. The van der Waals surface area contributed by atoms with Crippen molar-refractivity contribution in [2.45, 2.75) is 0 Å². The van der Waals surface area contributed by atoms with Crippen molar-refractivity contribution >= 4 is 17.6 Å². The van der Waals surface area contributed by atoms with Crippen LogP contribution in [-0.4, -0.2) is 17.0 Å². The molecule has 0 aromatic heterocycles. The molecule has 0 aliphatic heterocycles. The highest BCUT2D eigenvalue weighted by atomic mass is 19.1. The molecule has 0 saturated heterocycles. The molecular weight excluding hydrogens is 287 g/mol. The van der Waals surface area contributed by atoms with E-state index in [4.69, 9.17) is 5.11 Å². The SMILES string of the molecule is O=C(Nc1ccc(F)cc1C(=O)O)c1cc(F)cc(F)c1. The van der Waals surface area contributed by atoms with E-state index in [1.807, 2.05) is 0 Å². The second-order valence-corrected chi connectivity index (χ2v) is 4.11. The summed E-state index contributed by atoms with van der Waals surface area (Å²) in [4.78, 5) is 22.8. The average molecular weight is 295 g/mol. The second-order valence-electron chi connectivity index (χ2n) is 4.11. The average Bonchev–Trinajstić information content (AvgIpc) is 2.39. The fourth-order valence-electron chi connectivity index (χ4n) is 1.68. The van der Waals surface area contributed by atoms with Crippen LogP contribution in [0.25, 0.3) is 0 Å². The van der Waals surface area contributed by atoms with Gasteiger partial charge in [0.2, 0.25) is 0 Å². The molecule has 2 aromatic carbocycles. The maximum Gasteiger partial charge on any atom is 0.337 e. The van der Waals surface area contributed by atoms with Crippen molar-refractivity contribution in [3.8, 4) is 0 Å². The van der Waals surface area contributed by atoms with Gasteiger partial charge in [0.15, 0.2) is 0 Å². The monoisotopic (exact) mass is 295 g/mol. The van der Waals surface area contributed by atoms with Gasteiger partial charge in [-0.25, -0.2) is 18.0 Å². The minimum Gasteiger partial charge on any atom is -0.478 e. The summed E-state index contributed by atoms with van der Waals surface area (Å²) >= 11 is 0. The maximum absolute atomic E-state index is 13.0. The van der Waals surface area contributed by atoms with Crippen molar-refractivity contribution in [1.82, 2.24) is 0 Å². The van der Waals surface area contributed by atoms with Gasteiger partial charge in [0.25, 0.3) is 5.91 Å². The molecule has 0 spiro atoms. The van der Waals surface area contributed by atoms with E-state index in [0.717, 1.165) is 30.3 Å². The van der Waals surface area contributed by atoms with E-state index in [1.165, 1.54) is 0 Å². The number of halogens is 3. The van der Waals surface area contributed by atoms with Gasteiger partial charge in [-0.05, 0) is 30.3 Å². The summed E-state index contributed by atoms with van der Waals surface area (Å²) in [5.74, 6) is -5.05. The normalized spacial score (nSPS) is 10.2. The molecule has 0 radical (unpaired) electrons. The smallest absolute Gasteiger partial charge is 0.337 e. The summed E-state index contributed by atoms with van der Waals surface area (Å²) in [6.07, 6.45) is 0. The highest BCUT2D eigenvalue weighted by Gasteiger charge is 2.15. The summed E-state index contributed by atoms with van der Waals surface area (Å²) in [6, 6.07) is 4.91. The summed E-state index contributed by atoms with van der Waals surface area (Å²) in [7, 11) is 0. The van der Waals surface area contributed by atoms with Crippen LogP contribution in [0, 0.1) is 17.5 Å². The molecule has 2 aromatic rings. The number of nitrogens with one attached hydrogen (secondary N) is 1. The molecule has 0 bridgehead atoms. The lowest BCUT2D eigenvalue weighted by atomic mass is 10.1. The topological polar surface area (TPSA) is 66.4 Å². The Bertz CT molecular complexity index is 711. The number of hydrogen-bond acceptors (Lipinski definition) is 2. The first-order valence-electron chi connectivity index (χ1n) is 5.67. The van der Waals surface area contributed by atoms with Crippen LogP contribution in [0.4, 0.5) is 18.9 Å². The number of anilines is 1. The first kappa shape index (κ1) is 14.6. The van der Waals surface area contributed by atoms with Gasteiger partial charge in [-0.1, -0.05) is 0 Å². The third-order valence-corrected chi connectivity index (χ3v) is 2.58. The zero-order valence-electron chi connectivity index (χ0n) is 10.4. The van der Waals surface area contributed by atoms with Gasteiger partial charge in [-0.2, -0.15) is 0 Å². The van der Waals surface area contributed by atoms with Crippen LogP contribution in [0.5, 0.6) is 0 Å². The molecule has 108 valence electrons. The lowest BCUT2D eigenvalue weighted by molar-refractivity contribution is 0.0697. The Morgan fingerprint density at radius 3 is 2.10 bits per heavy atom. The van der Waals surface area contributed by atoms with Crippen molar-refractivity contribution in [1.29, 1.82) is 0 Å². The minimum absolute atomic E-state index is 0.182. The first-order valence-corrected chi connectivity index (χ1v) is 5.67. The van der Waals surface area contributed by atoms with E-state index >= 15 is 0 Å². The lowest BCUT2D eigenvalue weighted by Crippen LogP contribution is -2.15. The Balaban J connectivity index is 2.33. The minimum atomic E-state index is -1.45. The quantitative estimate of drug-likeness (QED) is 0.914. The van der Waals surface area contributed by atoms with E-state index in [-0.39, 0.29) is 11.3 Å². The van der Waals surface area contributed by atoms with Gasteiger partial charge in [0.05, 0.1) is 11.3 Å². The summed E-state index contributed by atoms with van der Waals surface area (Å²) in [5, 5.41) is 11.1. The standard InChI is InChI=1S/C14H8F3NO3/c15-8-1-2-12(11(6-8)14(20)21)18-13(19)7-3-9(16)5-10(17)4-7/h1-6H,(H,18,19)(H,20,21). The Hall–Kier alpha value is -2.83. The van der Waals surface area contributed by atoms with Crippen LogP contribution in [0.1, 0.15) is 20.7 Å². The van der Waals surface area contributed by atoms with Crippen molar-refractivity contribution in [3.05, 3.63) is 65.0 Å². The molecule has 7 heteroatoms. The summed E-state index contributed by atoms with van der Waals surface area (Å²) in [5.41, 5.74) is -0.980. The largest absolute Gasteiger partial charge is 0.478 e. The van der Waals surface area contributed by atoms with E-state index in [0.29, 0.717) is 6.07 Å². The van der Waals surface area contributed by atoms with Gasteiger partial charge in [-0.15, -0.1) is 0 Å². The van der Waals surface area contributed by atoms with E-state index in [9.17, 15) is 22.8 Å². The first-order chi connectivity index (χ1) is 9.86. The zero-order chi connectivity index (χ0) is 15.6. The van der Waals surface area contributed by atoms with Crippen molar-refractivity contribution in [2.75, 3.05) is 5.32 Å². The number of carbonyl (C=O) groups is 2. The molecular formula is C14H8F3NO3. The Kier molecular flexibility index (Phi) is 3.93. The molecule has 0 aliphatic carbocycles. The number of carbonyl (C=O) groups excluding carboxylic acids is 1. The predicted molar refractivity (Wildman–Crippen MR) is 67.7 cm³/mol. The van der Waals surface area contributed by atoms with Gasteiger partial charge >= 0.3 is 5.97 Å². The number of carboxylic acid groups (broad SMARTS) is 1. The Labute approximate surface area is 116 Å². The summed E-state index contributed by atoms with van der Waals surface area (Å²) < 4.78 is 39.0. The Morgan fingerprint density at radius 1 is 0.905 bits per heavy atom. The van der Waals surface area contributed by atoms with Gasteiger partial charge in [-0.3, -0.25) is 4.79 Å². The third-order valence-electron chi connectivity index (χ3n) is 2.58. The van der Waals surface area contributed by atoms with Crippen LogP contribution < -0.4 is 5.32 Å². The predicted octanol–water partition coefficient (Wildman–Crippen LogP) is 3.05. The summed E-state index contributed by atoms with van der Waals surface area (Å²) in [6.45, 7) is 0. The van der Waals surface area contributed by atoms with Gasteiger partial charge in [0, 0.05) is 11.6 Å². The third kappa shape index (κ3) is 3.38. The molecule has 0 fully saturated rings. The van der Waals surface area contributed by atoms with Crippen LogP contribution in [-0.2, 0) is 0 Å². The molecule has 1 amide bonds. The van der Waals surface area contributed by atoms with Gasteiger partial charge in [0.1, 0.15) is 17.5 Å². The molecule has 0 aliphatic rings. The molecule has 21 heavy (non-hydrogen) atoms. The van der Waals surface area contributed by atoms with E-state index in [1.54, 1.807) is 0 Å². The van der Waals surface area contributed by atoms with E-state index < -0.39 is 34.9 Å². The van der Waals surface area contributed by atoms with Crippen molar-refractivity contribution in [3.63, 3.8) is 0 Å². The number of aromatic carboxylic acids is 1. The van der Waals surface area contributed by atoms with Crippen LogP contribution >= 0.6 is 0 Å². The van der Waals surface area contributed by atoms with Crippen molar-refractivity contribution < 1.29 is 27.9 Å². The highest BCUT2D eigenvalue weighted by Crippen LogP contribution is 2.18. The number of amides is 1. The zero-order valence-corrected chi connectivity index (χ0v) is 10.4. The fourth-order valence-corrected chi connectivity index (χ4v) is 1.68. The molecule has 0 unspecified atom stereocenters. The fraction of sp³-hybridized carbons (Fsp3) is 0. The molecule has 0 saturated carbocycles. The number of benzene rings is 2. The molecule has 2 rings (SSSR count). The molecule has 4 nitrogen and oxygen atoms in total. The molecule has 0 atom stereocenters. The number of hydrogen-bond donors (Lipinski definition) is 2. The number of carboxylic acids is 1. The second kappa shape index (κ2) is 5.66. The van der Waals surface area contributed by atoms with Gasteiger partial charge < -0.3 is 10.4 Å². The molecule has 2 N–H and O–H groups in total. The number of rotatable bonds is 3. The lowest BCUT2D eigenvalue weighted by Gasteiger charge is -2.09. The van der Waals surface area contributed by atoms with Crippen LogP contribution in [0.3, 0.4) is 0 Å². The highest BCUT2D eigenvalue weighted by molar-refractivity contribution is 6.07. The Morgan fingerprint density at radius 2 is 1.52 bits per heavy atom. The maximum atomic E-state index is 13.0. The van der Waals surface area contributed by atoms with Crippen LogP contribution in [0.2, 0.25) is 0 Å².